The molecule has 1 atom stereocenters. The highest BCUT2D eigenvalue weighted by Crippen LogP contribution is 2.28. The van der Waals surface area contributed by atoms with Crippen LogP contribution in [0.1, 0.15) is 19.8 Å². The van der Waals surface area contributed by atoms with Crippen molar-refractivity contribution in [2.75, 3.05) is 31.5 Å². The Morgan fingerprint density at radius 2 is 2.20 bits per heavy atom. The first-order valence-electron chi connectivity index (χ1n) is 7.23. The molecule has 1 aliphatic heterocycles. The Morgan fingerprint density at radius 1 is 1.40 bits per heavy atom. The minimum atomic E-state index is 0.659. The van der Waals surface area contributed by atoms with Crippen LogP contribution in [0, 0.1) is 5.92 Å². The first-order valence-corrected chi connectivity index (χ1v) is 8.84. The highest BCUT2D eigenvalue weighted by molar-refractivity contribution is 9.10. The third kappa shape index (κ3) is 3.51. The quantitative estimate of drug-likeness (QED) is 0.872. The Labute approximate surface area is 132 Å². The molecular weight excluding hydrogens is 334 g/mol. The van der Waals surface area contributed by atoms with E-state index in [9.17, 15) is 0 Å². The number of rotatable bonds is 5. The summed E-state index contributed by atoms with van der Waals surface area (Å²) >= 11 is 5.23. The van der Waals surface area contributed by atoms with Gasteiger partial charge in [-0.05, 0) is 50.0 Å². The molecule has 5 heteroatoms. The Morgan fingerprint density at radius 3 is 3.00 bits per heavy atom. The summed E-state index contributed by atoms with van der Waals surface area (Å²) < 4.78 is 2.33. The number of hydrogen-bond donors (Lipinski definition) is 1. The number of aromatic nitrogens is 1. The van der Waals surface area contributed by atoms with E-state index < -0.39 is 0 Å². The van der Waals surface area contributed by atoms with Crippen LogP contribution in [-0.2, 0) is 0 Å². The summed E-state index contributed by atoms with van der Waals surface area (Å²) in [5.41, 5.74) is 1.07. The Kier molecular flexibility index (Phi) is 4.58. The molecular formula is C15H20BrN3S. The molecule has 1 N–H and O–H groups in total. The lowest BCUT2D eigenvalue weighted by atomic mass is 10.2. The molecule has 1 aromatic heterocycles. The summed E-state index contributed by atoms with van der Waals surface area (Å²) in [4.78, 5) is 7.21. The molecule has 0 bridgehead atoms. The lowest BCUT2D eigenvalue weighted by Gasteiger charge is -2.20. The van der Waals surface area contributed by atoms with Gasteiger partial charge in [0.05, 0.1) is 10.2 Å². The molecule has 3 rings (SSSR count). The van der Waals surface area contributed by atoms with E-state index in [0.29, 0.717) is 5.92 Å². The zero-order valence-electron chi connectivity index (χ0n) is 11.7. The SMILES string of the molecule is CC(CNc1nc2cc(Br)ccc2s1)CN1CCCC1. The zero-order valence-corrected chi connectivity index (χ0v) is 14.1. The summed E-state index contributed by atoms with van der Waals surface area (Å²) in [7, 11) is 0. The van der Waals surface area contributed by atoms with Crippen LogP contribution in [0.2, 0.25) is 0 Å². The van der Waals surface area contributed by atoms with Gasteiger partial charge in [0.2, 0.25) is 0 Å². The molecule has 1 unspecified atom stereocenters. The normalized spacial score (nSPS) is 17.7. The summed E-state index contributed by atoms with van der Waals surface area (Å²) in [6, 6.07) is 6.26. The Hall–Kier alpha value is -0.650. The van der Waals surface area contributed by atoms with Gasteiger partial charge in [0, 0.05) is 17.6 Å². The van der Waals surface area contributed by atoms with E-state index in [-0.39, 0.29) is 0 Å². The smallest absolute Gasteiger partial charge is 0.183 e. The van der Waals surface area contributed by atoms with Gasteiger partial charge in [0.1, 0.15) is 0 Å². The molecule has 1 aliphatic rings. The molecule has 20 heavy (non-hydrogen) atoms. The lowest BCUT2D eigenvalue weighted by Crippen LogP contribution is -2.28. The van der Waals surface area contributed by atoms with Crippen molar-refractivity contribution in [2.24, 2.45) is 5.92 Å². The second kappa shape index (κ2) is 6.41. The minimum absolute atomic E-state index is 0.659. The first kappa shape index (κ1) is 14.3. The number of anilines is 1. The highest BCUT2D eigenvalue weighted by atomic mass is 79.9. The van der Waals surface area contributed by atoms with Crippen LogP contribution < -0.4 is 5.32 Å². The Bertz CT molecular complexity index is 578. The van der Waals surface area contributed by atoms with Crippen LogP contribution >= 0.6 is 27.3 Å². The largest absolute Gasteiger partial charge is 0.361 e. The second-order valence-electron chi connectivity index (χ2n) is 5.62. The molecule has 1 fully saturated rings. The fourth-order valence-corrected chi connectivity index (χ4v) is 3.91. The topological polar surface area (TPSA) is 28.2 Å². The number of benzene rings is 1. The number of halogens is 1. The van der Waals surface area contributed by atoms with Crippen LogP contribution in [0.3, 0.4) is 0 Å². The lowest BCUT2D eigenvalue weighted by molar-refractivity contribution is 0.294. The zero-order chi connectivity index (χ0) is 13.9. The van der Waals surface area contributed by atoms with E-state index in [4.69, 9.17) is 0 Å². The van der Waals surface area contributed by atoms with Crippen molar-refractivity contribution < 1.29 is 0 Å². The number of nitrogens with one attached hydrogen (secondary N) is 1. The molecule has 1 aromatic carbocycles. The van der Waals surface area contributed by atoms with Gasteiger partial charge in [-0.25, -0.2) is 4.98 Å². The predicted octanol–water partition coefficient (Wildman–Crippen LogP) is 4.20. The summed E-state index contributed by atoms with van der Waals surface area (Å²) in [6.07, 6.45) is 2.74. The van der Waals surface area contributed by atoms with Crippen LogP contribution in [-0.4, -0.2) is 36.1 Å². The van der Waals surface area contributed by atoms with Gasteiger partial charge in [-0.1, -0.05) is 34.2 Å². The van der Waals surface area contributed by atoms with E-state index in [1.54, 1.807) is 11.3 Å². The number of hydrogen-bond acceptors (Lipinski definition) is 4. The van der Waals surface area contributed by atoms with Crippen molar-refractivity contribution >= 4 is 42.6 Å². The van der Waals surface area contributed by atoms with Gasteiger partial charge in [-0.15, -0.1) is 0 Å². The van der Waals surface area contributed by atoms with Crippen molar-refractivity contribution in [1.29, 1.82) is 0 Å². The third-order valence-corrected chi connectivity index (χ3v) is 5.21. The highest BCUT2D eigenvalue weighted by Gasteiger charge is 2.14. The molecule has 2 heterocycles. The Balaban J connectivity index is 1.56. The fourth-order valence-electron chi connectivity index (χ4n) is 2.71. The average molecular weight is 354 g/mol. The molecule has 108 valence electrons. The van der Waals surface area contributed by atoms with Gasteiger partial charge < -0.3 is 10.2 Å². The maximum Gasteiger partial charge on any atom is 0.183 e. The third-order valence-electron chi connectivity index (χ3n) is 3.72. The molecule has 3 nitrogen and oxygen atoms in total. The molecule has 0 radical (unpaired) electrons. The van der Waals surface area contributed by atoms with Crippen LogP contribution in [0.5, 0.6) is 0 Å². The number of thiazole rings is 1. The van der Waals surface area contributed by atoms with Crippen molar-refractivity contribution in [3.63, 3.8) is 0 Å². The van der Waals surface area contributed by atoms with E-state index in [1.165, 1.54) is 37.2 Å². The monoisotopic (exact) mass is 353 g/mol. The standard InChI is InChI=1S/C15H20BrN3S/c1-11(10-19-6-2-3-7-19)9-17-15-18-13-8-12(16)4-5-14(13)20-15/h4-5,8,11H,2-3,6-7,9-10H2,1H3,(H,17,18). The molecule has 1 saturated heterocycles. The number of fused-ring (bicyclic) bond motifs is 1. The second-order valence-corrected chi connectivity index (χ2v) is 7.57. The van der Waals surface area contributed by atoms with E-state index in [1.807, 2.05) is 0 Å². The van der Waals surface area contributed by atoms with Crippen molar-refractivity contribution in [1.82, 2.24) is 9.88 Å². The van der Waals surface area contributed by atoms with Crippen LogP contribution in [0.25, 0.3) is 10.2 Å². The number of nitrogens with zero attached hydrogens (tertiary/aromatic N) is 2. The minimum Gasteiger partial charge on any atom is -0.361 e. The summed E-state index contributed by atoms with van der Waals surface area (Å²) in [5, 5.41) is 4.53. The van der Waals surface area contributed by atoms with Crippen molar-refractivity contribution in [3.8, 4) is 0 Å². The number of likely N-dealkylation sites (tertiary alicyclic amines) is 1. The summed E-state index contributed by atoms with van der Waals surface area (Å²) in [5.74, 6) is 0.659. The molecule has 0 spiro atoms. The first-order chi connectivity index (χ1) is 9.70. The average Bonchev–Trinajstić information content (AvgIpc) is 3.04. The van der Waals surface area contributed by atoms with Crippen LogP contribution in [0.4, 0.5) is 5.13 Å². The molecule has 0 amide bonds. The van der Waals surface area contributed by atoms with E-state index >= 15 is 0 Å². The van der Waals surface area contributed by atoms with E-state index in [2.05, 4.69) is 56.3 Å². The van der Waals surface area contributed by atoms with Crippen molar-refractivity contribution in [2.45, 2.75) is 19.8 Å². The van der Waals surface area contributed by atoms with Gasteiger partial charge in [-0.3, -0.25) is 0 Å². The van der Waals surface area contributed by atoms with Crippen molar-refractivity contribution in [3.05, 3.63) is 22.7 Å². The van der Waals surface area contributed by atoms with E-state index in [0.717, 1.165) is 21.7 Å². The maximum atomic E-state index is 4.64. The van der Waals surface area contributed by atoms with Gasteiger partial charge in [0.25, 0.3) is 0 Å². The molecule has 0 saturated carbocycles. The maximum absolute atomic E-state index is 4.64. The predicted molar refractivity (Wildman–Crippen MR) is 90.6 cm³/mol. The summed E-state index contributed by atoms with van der Waals surface area (Å²) in [6.45, 7) is 7.06. The van der Waals surface area contributed by atoms with Crippen LogP contribution in [0.15, 0.2) is 22.7 Å². The van der Waals surface area contributed by atoms with Gasteiger partial charge in [-0.2, -0.15) is 0 Å². The molecule has 2 aromatic rings. The van der Waals surface area contributed by atoms with Gasteiger partial charge in [0.15, 0.2) is 5.13 Å². The fraction of sp³-hybridized carbons (Fsp3) is 0.533. The van der Waals surface area contributed by atoms with Gasteiger partial charge >= 0.3 is 0 Å². The molecule has 0 aliphatic carbocycles.